The maximum atomic E-state index is 12.7. The molecule has 0 saturated carbocycles. The van der Waals surface area contributed by atoms with E-state index in [-0.39, 0.29) is 11.8 Å². The number of hydrogen-bond donors (Lipinski definition) is 1. The second kappa shape index (κ2) is 8.10. The van der Waals surface area contributed by atoms with E-state index >= 15 is 0 Å². The Balaban J connectivity index is 2.10. The molecule has 1 heterocycles. The molecule has 0 aliphatic carbocycles. The van der Waals surface area contributed by atoms with Crippen LogP contribution in [-0.2, 0) is 14.3 Å². The molecule has 1 aromatic rings. The molecule has 1 saturated heterocycles. The van der Waals surface area contributed by atoms with Crippen molar-refractivity contribution >= 4 is 33.7 Å². The van der Waals surface area contributed by atoms with Crippen LogP contribution in [-0.4, -0.2) is 48.4 Å². The Morgan fingerprint density at radius 2 is 2.21 bits per heavy atom. The SMILES string of the molecule is C=C[C@H](NC(=O)c1cccc(Br)c1)C(=O)N1CCC[C@H]1C(=O)OC. The molecule has 1 fully saturated rings. The molecule has 2 rings (SSSR count). The number of nitrogens with one attached hydrogen (secondary N) is 1. The van der Waals surface area contributed by atoms with Crippen molar-refractivity contribution in [1.29, 1.82) is 0 Å². The van der Waals surface area contributed by atoms with Gasteiger partial charge in [0.25, 0.3) is 5.91 Å². The fourth-order valence-corrected chi connectivity index (χ4v) is 3.07. The van der Waals surface area contributed by atoms with Crippen LogP contribution in [0.15, 0.2) is 41.4 Å². The summed E-state index contributed by atoms with van der Waals surface area (Å²) in [4.78, 5) is 38.2. The number of esters is 1. The first-order valence-corrected chi connectivity index (χ1v) is 8.34. The van der Waals surface area contributed by atoms with E-state index in [1.54, 1.807) is 24.3 Å². The molecule has 0 spiro atoms. The Labute approximate surface area is 149 Å². The van der Waals surface area contributed by atoms with Crippen molar-refractivity contribution in [3.63, 3.8) is 0 Å². The van der Waals surface area contributed by atoms with Crippen LogP contribution >= 0.6 is 15.9 Å². The van der Waals surface area contributed by atoms with Crippen LogP contribution in [0.1, 0.15) is 23.2 Å². The molecule has 1 aromatic carbocycles. The molecule has 0 aromatic heterocycles. The third kappa shape index (κ3) is 4.03. The number of methoxy groups -OCH3 is 1. The second-order valence-electron chi connectivity index (χ2n) is 5.41. The standard InChI is InChI=1S/C17H19BrN2O4/c1-3-13(19-15(21)11-6-4-7-12(18)10-11)16(22)20-9-5-8-14(20)17(23)24-2/h3-4,6-7,10,13-14H,1,5,8-9H2,2H3,(H,19,21)/t13-,14-/m0/s1. The number of rotatable bonds is 5. The smallest absolute Gasteiger partial charge is 0.328 e. The van der Waals surface area contributed by atoms with Gasteiger partial charge >= 0.3 is 5.97 Å². The predicted molar refractivity (Wildman–Crippen MR) is 92.3 cm³/mol. The molecule has 0 radical (unpaired) electrons. The molecule has 24 heavy (non-hydrogen) atoms. The fraction of sp³-hybridized carbons (Fsp3) is 0.353. The Kier molecular flexibility index (Phi) is 6.14. The Morgan fingerprint density at radius 3 is 2.83 bits per heavy atom. The number of halogens is 1. The normalized spacial score (nSPS) is 17.9. The molecular weight excluding hydrogens is 376 g/mol. The molecule has 6 nitrogen and oxygen atoms in total. The summed E-state index contributed by atoms with van der Waals surface area (Å²) in [6, 6.07) is 5.34. The predicted octanol–water partition coefficient (Wildman–Crippen LogP) is 1.90. The van der Waals surface area contributed by atoms with Gasteiger partial charge in [-0.3, -0.25) is 9.59 Å². The van der Waals surface area contributed by atoms with E-state index in [0.717, 1.165) is 10.9 Å². The van der Waals surface area contributed by atoms with Gasteiger partial charge in [-0.15, -0.1) is 6.58 Å². The highest BCUT2D eigenvalue weighted by atomic mass is 79.9. The van der Waals surface area contributed by atoms with Crippen LogP contribution in [0.25, 0.3) is 0 Å². The summed E-state index contributed by atoms with van der Waals surface area (Å²) in [5.74, 6) is -1.19. The highest BCUT2D eigenvalue weighted by Gasteiger charge is 2.37. The molecule has 1 aliphatic heterocycles. The summed E-state index contributed by atoms with van der Waals surface area (Å²) in [5, 5.41) is 2.64. The zero-order valence-corrected chi connectivity index (χ0v) is 14.9. The highest BCUT2D eigenvalue weighted by Crippen LogP contribution is 2.20. The van der Waals surface area contributed by atoms with Gasteiger partial charge in [0.2, 0.25) is 5.91 Å². The average molecular weight is 395 g/mol. The Hall–Kier alpha value is -2.15. The van der Waals surface area contributed by atoms with Gasteiger partial charge in [0.1, 0.15) is 12.1 Å². The monoisotopic (exact) mass is 394 g/mol. The van der Waals surface area contributed by atoms with E-state index in [1.165, 1.54) is 18.1 Å². The largest absolute Gasteiger partial charge is 0.467 e. The molecular formula is C17H19BrN2O4. The van der Waals surface area contributed by atoms with E-state index in [9.17, 15) is 14.4 Å². The highest BCUT2D eigenvalue weighted by molar-refractivity contribution is 9.10. The molecule has 128 valence electrons. The molecule has 1 aliphatic rings. The van der Waals surface area contributed by atoms with Gasteiger partial charge in [0.15, 0.2) is 0 Å². The third-order valence-electron chi connectivity index (χ3n) is 3.88. The summed E-state index contributed by atoms with van der Waals surface area (Å²) >= 11 is 3.30. The van der Waals surface area contributed by atoms with Gasteiger partial charge in [-0.05, 0) is 31.0 Å². The maximum absolute atomic E-state index is 12.7. The molecule has 2 amide bonds. The van der Waals surface area contributed by atoms with E-state index in [0.29, 0.717) is 18.5 Å². The first-order chi connectivity index (χ1) is 11.5. The summed E-state index contributed by atoms with van der Waals surface area (Å²) < 4.78 is 5.51. The van der Waals surface area contributed by atoms with Gasteiger partial charge < -0.3 is 15.0 Å². The zero-order valence-electron chi connectivity index (χ0n) is 13.3. The van der Waals surface area contributed by atoms with Crippen molar-refractivity contribution in [3.8, 4) is 0 Å². The van der Waals surface area contributed by atoms with Gasteiger partial charge in [0.05, 0.1) is 7.11 Å². The van der Waals surface area contributed by atoms with E-state index in [1.807, 2.05) is 0 Å². The zero-order chi connectivity index (χ0) is 17.7. The summed E-state index contributed by atoms with van der Waals surface area (Å²) in [6.45, 7) is 4.07. The van der Waals surface area contributed by atoms with Crippen LogP contribution in [0.2, 0.25) is 0 Å². The van der Waals surface area contributed by atoms with Crippen LogP contribution in [0.4, 0.5) is 0 Å². The van der Waals surface area contributed by atoms with Crippen molar-refractivity contribution in [2.24, 2.45) is 0 Å². The lowest BCUT2D eigenvalue weighted by Crippen LogP contribution is -2.51. The summed E-state index contributed by atoms with van der Waals surface area (Å²) in [6.07, 6.45) is 2.64. The van der Waals surface area contributed by atoms with Crippen molar-refractivity contribution in [1.82, 2.24) is 10.2 Å². The van der Waals surface area contributed by atoms with Crippen molar-refractivity contribution < 1.29 is 19.1 Å². The first kappa shape index (κ1) is 18.2. The first-order valence-electron chi connectivity index (χ1n) is 7.55. The van der Waals surface area contributed by atoms with Gasteiger partial charge in [0, 0.05) is 16.6 Å². The Morgan fingerprint density at radius 1 is 1.46 bits per heavy atom. The molecule has 0 unspecified atom stereocenters. The lowest BCUT2D eigenvalue weighted by molar-refractivity contribution is -0.151. The van der Waals surface area contributed by atoms with Gasteiger partial charge in [-0.25, -0.2) is 4.79 Å². The maximum Gasteiger partial charge on any atom is 0.328 e. The fourth-order valence-electron chi connectivity index (χ4n) is 2.67. The lowest BCUT2D eigenvalue weighted by atomic mass is 10.1. The molecule has 2 atom stereocenters. The average Bonchev–Trinajstić information content (AvgIpc) is 3.07. The van der Waals surface area contributed by atoms with E-state index in [2.05, 4.69) is 27.8 Å². The van der Waals surface area contributed by atoms with Crippen LogP contribution in [0.3, 0.4) is 0 Å². The van der Waals surface area contributed by atoms with Gasteiger partial charge in [-0.1, -0.05) is 28.1 Å². The quantitative estimate of drug-likeness (QED) is 0.611. The number of carbonyl (C=O) groups is 3. The summed E-state index contributed by atoms with van der Waals surface area (Å²) in [5.41, 5.74) is 0.426. The topological polar surface area (TPSA) is 75.7 Å². The number of amides is 2. The van der Waals surface area contributed by atoms with Crippen molar-refractivity contribution in [3.05, 3.63) is 47.0 Å². The molecule has 7 heteroatoms. The van der Waals surface area contributed by atoms with E-state index < -0.39 is 18.1 Å². The number of benzene rings is 1. The van der Waals surface area contributed by atoms with Crippen molar-refractivity contribution in [2.45, 2.75) is 24.9 Å². The number of likely N-dealkylation sites (tertiary alicyclic amines) is 1. The lowest BCUT2D eigenvalue weighted by Gasteiger charge is -2.26. The number of ether oxygens (including phenoxy) is 1. The Bertz CT molecular complexity index is 662. The summed E-state index contributed by atoms with van der Waals surface area (Å²) in [7, 11) is 1.29. The number of nitrogens with zero attached hydrogens (tertiary/aromatic N) is 1. The molecule has 0 bridgehead atoms. The third-order valence-corrected chi connectivity index (χ3v) is 4.38. The second-order valence-corrected chi connectivity index (χ2v) is 6.33. The van der Waals surface area contributed by atoms with Crippen molar-refractivity contribution in [2.75, 3.05) is 13.7 Å². The van der Waals surface area contributed by atoms with Crippen LogP contribution in [0, 0.1) is 0 Å². The van der Waals surface area contributed by atoms with E-state index in [4.69, 9.17) is 4.74 Å². The van der Waals surface area contributed by atoms with Crippen LogP contribution < -0.4 is 5.32 Å². The molecule has 1 N–H and O–H groups in total. The minimum Gasteiger partial charge on any atom is -0.467 e. The minimum absolute atomic E-state index is 0.360. The minimum atomic E-state index is -0.901. The number of carbonyl (C=O) groups excluding carboxylic acids is 3. The number of hydrogen-bond acceptors (Lipinski definition) is 4. The van der Waals surface area contributed by atoms with Crippen LogP contribution in [0.5, 0.6) is 0 Å². The van der Waals surface area contributed by atoms with Gasteiger partial charge in [-0.2, -0.15) is 0 Å².